The number of rotatable bonds is 6. The number of amides is 2. The molecule has 1 saturated carbocycles. The molecule has 1 aliphatic carbocycles. The van der Waals surface area contributed by atoms with E-state index in [4.69, 9.17) is 5.73 Å². The van der Waals surface area contributed by atoms with Crippen molar-refractivity contribution < 1.29 is 9.59 Å². The van der Waals surface area contributed by atoms with Crippen molar-refractivity contribution in [2.45, 2.75) is 25.8 Å². The van der Waals surface area contributed by atoms with Gasteiger partial charge >= 0.3 is 0 Å². The largest absolute Gasteiger partial charge is 0.368 e. The average Bonchev–Trinajstić information content (AvgIpc) is 3.53. The van der Waals surface area contributed by atoms with E-state index in [1.807, 2.05) is 29.2 Å². The fraction of sp³-hybridized carbons (Fsp3) is 0.400. The SMILES string of the molecule is CC(=O)N1CCN(c2ccc(Nc3nc(NC4CC4)cnc3C(N)=O)cc2)CC1. The monoisotopic (exact) mass is 395 g/mol. The van der Waals surface area contributed by atoms with E-state index in [1.54, 1.807) is 6.92 Å². The predicted molar refractivity (Wildman–Crippen MR) is 111 cm³/mol. The van der Waals surface area contributed by atoms with Crippen LogP contribution in [0.1, 0.15) is 30.3 Å². The van der Waals surface area contributed by atoms with Crippen molar-refractivity contribution in [2.24, 2.45) is 5.73 Å². The number of benzene rings is 1. The van der Waals surface area contributed by atoms with Gasteiger partial charge in [-0.1, -0.05) is 0 Å². The molecule has 1 saturated heterocycles. The van der Waals surface area contributed by atoms with E-state index >= 15 is 0 Å². The molecule has 4 rings (SSSR count). The van der Waals surface area contributed by atoms with Crippen LogP contribution in [-0.2, 0) is 4.79 Å². The van der Waals surface area contributed by atoms with Gasteiger partial charge in [-0.25, -0.2) is 9.97 Å². The molecule has 1 aromatic carbocycles. The van der Waals surface area contributed by atoms with Gasteiger partial charge in [0.05, 0.1) is 6.20 Å². The molecule has 152 valence electrons. The zero-order chi connectivity index (χ0) is 20.4. The number of carbonyl (C=O) groups excluding carboxylic acids is 2. The first kappa shape index (κ1) is 19.0. The van der Waals surface area contributed by atoms with Crippen molar-refractivity contribution >= 4 is 34.8 Å². The summed E-state index contributed by atoms with van der Waals surface area (Å²) < 4.78 is 0. The van der Waals surface area contributed by atoms with Gasteiger partial charge in [-0.05, 0) is 37.1 Å². The standard InChI is InChI=1S/C20H25N7O2/c1-13(28)26-8-10-27(11-9-26)16-6-4-15(5-7-16)24-20-18(19(21)29)22-12-17(25-20)23-14-2-3-14/h4-7,12,14H,2-3,8-11H2,1H3,(H2,21,29)(H2,23,24,25). The second-order valence-corrected chi connectivity index (χ2v) is 7.40. The summed E-state index contributed by atoms with van der Waals surface area (Å²) in [6.07, 6.45) is 3.77. The van der Waals surface area contributed by atoms with Crippen molar-refractivity contribution in [3.8, 4) is 0 Å². The Hall–Kier alpha value is -3.36. The van der Waals surface area contributed by atoms with Crippen molar-refractivity contribution in [1.82, 2.24) is 14.9 Å². The van der Waals surface area contributed by atoms with Crippen LogP contribution in [-0.4, -0.2) is 58.9 Å². The lowest BCUT2D eigenvalue weighted by atomic mass is 10.2. The van der Waals surface area contributed by atoms with Crippen LogP contribution in [0.3, 0.4) is 0 Å². The van der Waals surface area contributed by atoms with Crippen LogP contribution in [0.5, 0.6) is 0 Å². The summed E-state index contributed by atoms with van der Waals surface area (Å²) in [6, 6.07) is 8.31. The molecule has 2 amide bonds. The van der Waals surface area contributed by atoms with Crippen molar-refractivity contribution in [3.63, 3.8) is 0 Å². The Balaban J connectivity index is 1.45. The maximum Gasteiger partial charge on any atom is 0.271 e. The van der Waals surface area contributed by atoms with Gasteiger partial charge in [-0.15, -0.1) is 0 Å². The Kier molecular flexibility index (Phi) is 5.20. The Morgan fingerprint density at radius 3 is 2.38 bits per heavy atom. The van der Waals surface area contributed by atoms with Gasteiger partial charge in [0, 0.05) is 50.5 Å². The molecule has 1 aliphatic heterocycles. The number of nitrogens with zero attached hydrogens (tertiary/aromatic N) is 4. The van der Waals surface area contributed by atoms with E-state index in [1.165, 1.54) is 6.20 Å². The van der Waals surface area contributed by atoms with Crippen LogP contribution in [0.15, 0.2) is 30.5 Å². The van der Waals surface area contributed by atoms with Gasteiger partial charge in [-0.2, -0.15) is 0 Å². The molecule has 0 unspecified atom stereocenters. The third-order valence-corrected chi connectivity index (χ3v) is 5.16. The summed E-state index contributed by atoms with van der Waals surface area (Å²) in [5, 5.41) is 6.43. The second kappa shape index (κ2) is 7.94. The number of nitrogens with one attached hydrogen (secondary N) is 2. The predicted octanol–water partition coefficient (Wildman–Crippen LogP) is 1.56. The summed E-state index contributed by atoms with van der Waals surface area (Å²) in [4.78, 5) is 35.9. The van der Waals surface area contributed by atoms with E-state index in [2.05, 4.69) is 25.5 Å². The van der Waals surface area contributed by atoms with Gasteiger partial charge in [0.25, 0.3) is 5.91 Å². The molecule has 2 fully saturated rings. The number of carbonyl (C=O) groups is 2. The quantitative estimate of drug-likeness (QED) is 0.680. The lowest BCUT2D eigenvalue weighted by Gasteiger charge is -2.35. The Morgan fingerprint density at radius 1 is 1.10 bits per heavy atom. The second-order valence-electron chi connectivity index (χ2n) is 7.40. The molecule has 9 nitrogen and oxygen atoms in total. The highest BCUT2D eigenvalue weighted by molar-refractivity contribution is 5.96. The molecule has 0 bridgehead atoms. The molecule has 0 spiro atoms. The van der Waals surface area contributed by atoms with Crippen molar-refractivity contribution in [3.05, 3.63) is 36.2 Å². The minimum absolute atomic E-state index is 0.107. The molecule has 2 aromatic rings. The third kappa shape index (κ3) is 4.56. The number of hydrogen-bond acceptors (Lipinski definition) is 7. The van der Waals surface area contributed by atoms with Crippen LogP contribution in [0.4, 0.5) is 23.0 Å². The number of primary amides is 1. The zero-order valence-corrected chi connectivity index (χ0v) is 16.4. The molecule has 9 heteroatoms. The van der Waals surface area contributed by atoms with Gasteiger partial charge in [0.2, 0.25) is 5.91 Å². The lowest BCUT2D eigenvalue weighted by molar-refractivity contribution is -0.129. The molecule has 2 heterocycles. The number of hydrogen-bond donors (Lipinski definition) is 3. The van der Waals surface area contributed by atoms with Crippen LogP contribution in [0.2, 0.25) is 0 Å². The smallest absolute Gasteiger partial charge is 0.271 e. The summed E-state index contributed by atoms with van der Waals surface area (Å²) in [5.74, 6) is 0.456. The fourth-order valence-electron chi connectivity index (χ4n) is 3.33. The topological polar surface area (TPSA) is 116 Å². The first-order valence-electron chi connectivity index (χ1n) is 9.80. The fourth-order valence-corrected chi connectivity index (χ4v) is 3.33. The van der Waals surface area contributed by atoms with Gasteiger partial charge in [-0.3, -0.25) is 9.59 Å². The maximum absolute atomic E-state index is 11.7. The molecule has 4 N–H and O–H groups in total. The number of nitrogens with two attached hydrogens (primary N) is 1. The summed E-state index contributed by atoms with van der Waals surface area (Å²) in [5.41, 5.74) is 7.43. The highest BCUT2D eigenvalue weighted by Crippen LogP contribution is 2.26. The third-order valence-electron chi connectivity index (χ3n) is 5.16. The zero-order valence-electron chi connectivity index (χ0n) is 16.4. The van der Waals surface area contributed by atoms with Gasteiger partial charge in [0.15, 0.2) is 11.5 Å². The summed E-state index contributed by atoms with van der Waals surface area (Å²) in [6.45, 7) is 4.67. The van der Waals surface area contributed by atoms with E-state index in [0.29, 0.717) is 17.7 Å². The highest BCUT2D eigenvalue weighted by atomic mass is 16.2. The van der Waals surface area contributed by atoms with Crippen LogP contribution in [0, 0.1) is 0 Å². The molecule has 0 atom stereocenters. The average molecular weight is 395 g/mol. The molecule has 1 aromatic heterocycles. The molecule has 0 radical (unpaired) electrons. The molecule has 29 heavy (non-hydrogen) atoms. The van der Waals surface area contributed by atoms with E-state index < -0.39 is 5.91 Å². The van der Waals surface area contributed by atoms with Crippen LogP contribution in [0.25, 0.3) is 0 Å². The number of anilines is 4. The minimum atomic E-state index is -0.627. The van der Waals surface area contributed by atoms with Crippen molar-refractivity contribution in [1.29, 1.82) is 0 Å². The van der Waals surface area contributed by atoms with E-state index in [9.17, 15) is 9.59 Å². The molecule has 2 aliphatic rings. The van der Waals surface area contributed by atoms with E-state index in [-0.39, 0.29) is 11.6 Å². The van der Waals surface area contributed by atoms with Gasteiger partial charge < -0.3 is 26.2 Å². The minimum Gasteiger partial charge on any atom is -0.368 e. The number of piperazine rings is 1. The summed E-state index contributed by atoms with van der Waals surface area (Å²) in [7, 11) is 0. The number of aromatic nitrogens is 2. The lowest BCUT2D eigenvalue weighted by Crippen LogP contribution is -2.48. The normalized spacial score (nSPS) is 16.4. The molecular weight excluding hydrogens is 370 g/mol. The van der Waals surface area contributed by atoms with Gasteiger partial charge in [0.1, 0.15) is 5.82 Å². The Labute approximate surface area is 169 Å². The Morgan fingerprint density at radius 2 is 1.79 bits per heavy atom. The van der Waals surface area contributed by atoms with Crippen molar-refractivity contribution in [2.75, 3.05) is 41.7 Å². The maximum atomic E-state index is 11.7. The highest BCUT2D eigenvalue weighted by Gasteiger charge is 2.23. The molecular formula is C20H25N7O2. The van der Waals surface area contributed by atoms with E-state index in [0.717, 1.165) is 50.4 Å². The summed E-state index contributed by atoms with van der Waals surface area (Å²) >= 11 is 0. The van der Waals surface area contributed by atoms with Crippen LogP contribution < -0.4 is 21.3 Å². The Bertz CT molecular complexity index is 904. The first-order chi connectivity index (χ1) is 14.0. The first-order valence-corrected chi connectivity index (χ1v) is 9.80. The van der Waals surface area contributed by atoms with Crippen LogP contribution >= 0.6 is 0 Å².